The summed E-state index contributed by atoms with van der Waals surface area (Å²) < 4.78 is 13.8. The first-order chi connectivity index (χ1) is 8.89. The number of rotatable bonds is 7. The fraction of sp³-hybridized carbons (Fsp3) is 0.750. The number of ether oxygens (including phenoxy) is 1. The summed E-state index contributed by atoms with van der Waals surface area (Å²) in [5.41, 5.74) is 0.309. The van der Waals surface area contributed by atoms with Crippen molar-refractivity contribution in [2.75, 3.05) is 0 Å². The van der Waals surface area contributed by atoms with E-state index in [1.807, 2.05) is 0 Å². The molecule has 0 spiro atoms. The molecule has 0 aliphatic heterocycles. The van der Waals surface area contributed by atoms with E-state index in [9.17, 15) is 9.90 Å². The highest BCUT2D eigenvalue weighted by atomic mass is 31.2. The molecule has 8 heteroatoms. The molecule has 0 radical (unpaired) electrons. The van der Waals surface area contributed by atoms with Crippen molar-refractivity contribution in [1.29, 1.82) is 0 Å². The van der Waals surface area contributed by atoms with Crippen LogP contribution in [0, 0.1) is 0 Å². The monoisotopic (exact) mass is 312 g/mol. The molecule has 0 bridgehead atoms. The van der Waals surface area contributed by atoms with Gasteiger partial charge in [-0.05, 0) is 13.3 Å². The highest BCUT2D eigenvalue weighted by molar-refractivity contribution is 7.45. The lowest BCUT2D eigenvalue weighted by Gasteiger charge is -2.23. The van der Waals surface area contributed by atoms with Gasteiger partial charge in [-0.2, -0.15) is 0 Å². The molecule has 0 aromatic heterocycles. The predicted octanol–water partition coefficient (Wildman–Crippen LogP) is 1.86. The van der Waals surface area contributed by atoms with E-state index in [0.29, 0.717) is 12.0 Å². The van der Waals surface area contributed by atoms with Crippen LogP contribution in [-0.4, -0.2) is 31.5 Å². The van der Waals surface area contributed by atoms with Gasteiger partial charge in [-0.25, -0.2) is 9.36 Å². The lowest BCUT2D eigenvalue weighted by molar-refractivity contribution is -0.200. The van der Waals surface area contributed by atoms with Crippen LogP contribution in [0.1, 0.15) is 52.9 Å². The zero-order valence-electron chi connectivity index (χ0n) is 12.2. The van der Waals surface area contributed by atoms with Crippen LogP contribution in [0.15, 0.2) is 12.2 Å². The molecule has 0 aromatic rings. The van der Waals surface area contributed by atoms with Crippen molar-refractivity contribution >= 4 is 13.8 Å². The van der Waals surface area contributed by atoms with Gasteiger partial charge in [0.25, 0.3) is 0 Å². The minimum absolute atomic E-state index is 0.309. The van der Waals surface area contributed by atoms with E-state index in [0.717, 1.165) is 25.7 Å². The third-order valence-corrected chi connectivity index (χ3v) is 2.16. The second-order valence-electron chi connectivity index (χ2n) is 4.67. The van der Waals surface area contributed by atoms with Crippen LogP contribution >= 0.6 is 7.82 Å². The van der Waals surface area contributed by atoms with Crippen LogP contribution in [0.3, 0.4) is 0 Å². The van der Waals surface area contributed by atoms with Gasteiger partial charge in [-0.3, -0.25) is 0 Å². The molecule has 0 fully saturated rings. The van der Waals surface area contributed by atoms with Gasteiger partial charge in [0.15, 0.2) is 0 Å². The Balaban J connectivity index is 0. The van der Waals surface area contributed by atoms with E-state index in [1.54, 1.807) is 6.92 Å². The maximum absolute atomic E-state index is 11.2. The standard InChI is InChI=1S/C12H22O3.H3O4P/c1-5-6-7-8-9-12(4,14)15-11(13)10(2)3;1-5(2,3)4/h14H,2,5-9H2,1,3-4H3;(H3,1,2,3,4). The molecule has 0 aliphatic carbocycles. The summed E-state index contributed by atoms with van der Waals surface area (Å²) in [5, 5.41) is 9.75. The van der Waals surface area contributed by atoms with E-state index in [2.05, 4.69) is 13.5 Å². The number of carbonyl (C=O) groups excluding carboxylic acids is 1. The summed E-state index contributed by atoms with van der Waals surface area (Å²) in [5.74, 6) is -1.89. The number of phosphoric acid groups is 1. The summed E-state index contributed by atoms with van der Waals surface area (Å²) in [6.07, 6.45) is 4.69. The molecule has 0 rings (SSSR count). The normalized spacial score (nSPS) is 13.8. The van der Waals surface area contributed by atoms with Crippen molar-refractivity contribution in [3.63, 3.8) is 0 Å². The lowest BCUT2D eigenvalue weighted by atomic mass is 10.1. The fourth-order valence-corrected chi connectivity index (χ4v) is 1.22. The van der Waals surface area contributed by atoms with Crippen LogP contribution in [-0.2, 0) is 14.1 Å². The van der Waals surface area contributed by atoms with Crippen LogP contribution in [0.4, 0.5) is 0 Å². The van der Waals surface area contributed by atoms with Gasteiger partial charge < -0.3 is 24.5 Å². The predicted molar refractivity (Wildman–Crippen MR) is 74.6 cm³/mol. The smallest absolute Gasteiger partial charge is 0.430 e. The summed E-state index contributed by atoms with van der Waals surface area (Å²) in [4.78, 5) is 32.7. The van der Waals surface area contributed by atoms with Crippen molar-refractivity contribution in [2.45, 2.75) is 58.7 Å². The van der Waals surface area contributed by atoms with E-state index in [1.165, 1.54) is 6.92 Å². The quantitative estimate of drug-likeness (QED) is 0.186. The van der Waals surface area contributed by atoms with Gasteiger partial charge in [0, 0.05) is 18.9 Å². The van der Waals surface area contributed by atoms with Gasteiger partial charge in [0.1, 0.15) is 0 Å². The molecule has 0 saturated carbocycles. The molecular weight excluding hydrogens is 287 g/mol. The minimum atomic E-state index is -4.64. The molecule has 7 nitrogen and oxygen atoms in total. The Morgan fingerprint density at radius 2 is 1.70 bits per heavy atom. The SMILES string of the molecule is C=C(C)C(=O)OC(C)(O)CCCCCC.O=P(O)(O)O. The average molecular weight is 312 g/mol. The fourth-order valence-electron chi connectivity index (χ4n) is 1.22. The van der Waals surface area contributed by atoms with E-state index < -0.39 is 19.6 Å². The van der Waals surface area contributed by atoms with Gasteiger partial charge in [-0.15, -0.1) is 0 Å². The highest BCUT2D eigenvalue weighted by Crippen LogP contribution is 2.25. The molecule has 120 valence electrons. The number of hydrogen-bond donors (Lipinski definition) is 4. The van der Waals surface area contributed by atoms with E-state index in [4.69, 9.17) is 24.0 Å². The molecule has 0 amide bonds. The number of unbranched alkanes of at least 4 members (excludes halogenated alkanes) is 3. The first kappa shape index (κ1) is 21.6. The Bertz CT molecular complexity index is 337. The van der Waals surface area contributed by atoms with Crippen LogP contribution in [0.2, 0.25) is 0 Å². The van der Waals surface area contributed by atoms with Gasteiger partial charge in [0.2, 0.25) is 5.79 Å². The van der Waals surface area contributed by atoms with Gasteiger partial charge in [0.05, 0.1) is 0 Å². The molecular formula is C12H25O7P. The van der Waals surface area contributed by atoms with Crippen molar-refractivity contribution in [3.05, 3.63) is 12.2 Å². The summed E-state index contributed by atoms with van der Waals surface area (Å²) >= 11 is 0. The van der Waals surface area contributed by atoms with Crippen molar-refractivity contribution in [3.8, 4) is 0 Å². The average Bonchev–Trinajstić information content (AvgIpc) is 2.21. The number of esters is 1. The first-order valence-electron chi connectivity index (χ1n) is 6.28. The Kier molecular flexibility index (Phi) is 10.9. The van der Waals surface area contributed by atoms with Crippen LogP contribution < -0.4 is 0 Å². The molecule has 0 aromatic carbocycles. The molecule has 0 heterocycles. The van der Waals surface area contributed by atoms with E-state index in [-0.39, 0.29) is 0 Å². The number of aliphatic hydroxyl groups is 1. The zero-order valence-corrected chi connectivity index (χ0v) is 13.1. The Labute approximate surface area is 119 Å². The molecule has 0 aliphatic rings. The number of hydrogen-bond acceptors (Lipinski definition) is 4. The van der Waals surface area contributed by atoms with Crippen LogP contribution in [0.5, 0.6) is 0 Å². The van der Waals surface area contributed by atoms with Gasteiger partial charge in [-0.1, -0.05) is 32.8 Å². The Morgan fingerprint density at radius 3 is 2.05 bits per heavy atom. The topological polar surface area (TPSA) is 124 Å². The molecule has 4 N–H and O–H groups in total. The second kappa shape index (κ2) is 10.1. The maximum atomic E-state index is 11.2. The van der Waals surface area contributed by atoms with Gasteiger partial charge >= 0.3 is 13.8 Å². The second-order valence-corrected chi connectivity index (χ2v) is 5.70. The largest absolute Gasteiger partial charge is 0.466 e. The minimum Gasteiger partial charge on any atom is -0.430 e. The summed E-state index contributed by atoms with van der Waals surface area (Å²) in [6.45, 7) is 8.67. The lowest BCUT2D eigenvalue weighted by Crippen LogP contribution is -2.31. The van der Waals surface area contributed by atoms with Crippen molar-refractivity contribution in [2.24, 2.45) is 0 Å². The Hall–Kier alpha value is -0.720. The Morgan fingerprint density at radius 1 is 1.25 bits per heavy atom. The third kappa shape index (κ3) is 19.6. The molecule has 0 saturated heterocycles. The maximum Gasteiger partial charge on any atom is 0.466 e. The summed E-state index contributed by atoms with van der Waals surface area (Å²) in [6, 6.07) is 0. The van der Waals surface area contributed by atoms with Crippen LogP contribution in [0.25, 0.3) is 0 Å². The first-order valence-corrected chi connectivity index (χ1v) is 7.85. The number of carbonyl (C=O) groups is 1. The summed E-state index contributed by atoms with van der Waals surface area (Å²) in [7, 11) is -4.64. The van der Waals surface area contributed by atoms with E-state index >= 15 is 0 Å². The van der Waals surface area contributed by atoms with Crippen molar-refractivity contribution < 1.29 is 33.9 Å². The van der Waals surface area contributed by atoms with Crippen molar-refractivity contribution in [1.82, 2.24) is 0 Å². The molecule has 1 atom stereocenters. The molecule has 1 unspecified atom stereocenters. The highest BCUT2D eigenvalue weighted by Gasteiger charge is 2.24. The third-order valence-electron chi connectivity index (χ3n) is 2.16. The molecule has 20 heavy (non-hydrogen) atoms. The zero-order chi connectivity index (χ0) is 16.4.